The molecule has 0 fully saturated rings. The predicted molar refractivity (Wildman–Crippen MR) is 121 cm³/mol. The molecule has 0 saturated carbocycles. The first kappa shape index (κ1) is 23.9. The second-order valence-electron chi connectivity index (χ2n) is 8.23. The van der Waals surface area contributed by atoms with Crippen molar-refractivity contribution < 1.29 is 14.3 Å². The maximum Gasteiger partial charge on any atom is 0.349 e. The number of aromatic nitrogens is 1. The Bertz CT molecular complexity index is 997. The van der Waals surface area contributed by atoms with Crippen LogP contribution in [0.15, 0.2) is 42.0 Å². The zero-order valence-electron chi connectivity index (χ0n) is 19.2. The minimum atomic E-state index is -0.994. The highest BCUT2D eigenvalue weighted by molar-refractivity contribution is 5.99. The van der Waals surface area contributed by atoms with Gasteiger partial charge in [0.1, 0.15) is 11.6 Å². The molecule has 1 heterocycles. The first-order chi connectivity index (χ1) is 14.6. The van der Waals surface area contributed by atoms with Crippen LogP contribution in [0.3, 0.4) is 0 Å². The molecule has 0 unspecified atom stereocenters. The van der Waals surface area contributed by atoms with Crippen LogP contribution in [-0.4, -0.2) is 34.5 Å². The van der Waals surface area contributed by atoms with Crippen molar-refractivity contribution in [1.82, 2.24) is 9.47 Å². The van der Waals surface area contributed by atoms with E-state index in [0.717, 1.165) is 29.1 Å². The normalized spacial score (nSPS) is 12.4. The Labute approximate surface area is 184 Å². The standard InChI is InChI=1S/C25H31N3O3/c1-17(2)15-28-18(3)12-22(19(28)4)13-23(14-26)25(30)31-20(5)24(29)27(6)16-21-10-8-7-9-11-21/h7-13,17,20H,15-16H2,1-6H3/b23-13+/t20-/m1/s1. The first-order valence-corrected chi connectivity index (χ1v) is 10.4. The summed E-state index contributed by atoms with van der Waals surface area (Å²) in [6, 6.07) is 13.4. The molecule has 6 nitrogen and oxygen atoms in total. The minimum absolute atomic E-state index is 0.129. The van der Waals surface area contributed by atoms with Gasteiger partial charge >= 0.3 is 5.97 Å². The predicted octanol–water partition coefficient (Wildman–Crippen LogP) is 4.26. The van der Waals surface area contributed by atoms with E-state index in [9.17, 15) is 14.9 Å². The van der Waals surface area contributed by atoms with Gasteiger partial charge in [-0.05, 0) is 50.0 Å². The number of amides is 1. The number of esters is 1. The molecule has 6 heteroatoms. The molecule has 0 radical (unpaired) electrons. The van der Waals surface area contributed by atoms with Crippen LogP contribution in [0.5, 0.6) is 0 Å². The van der Waals surface area contributed by atoms with Gasteiger partial charge in [-0.25, -0.2) is 4.79 Å². The van der Waals surface area contributed by atoms with Crippen molar-refractivity contribution in [2.45, 2.75) is 53.8 Å². The van der Waals surface area contributed by atoms with Crippen LogP contribution in [0.4, 0.5) is 0 Å². The molecule has 2 rings (SSSR count). The fourth-order valence-corrected chi connectivity index (χ4v) is 3.43. The highest BCUT2D eigenvalue weighted by Crippen LogP contribution is 2.20. The van der Waals surface area contributed by atoms with E-state index in [1.165, 1.54) is 17.9 Å². The third-order valence-electron chi connectivity index (χ3n) is 5.07. The molecule has 31 heavy (non-hydrogen) atoms. The maximum atomic E-state index is 12.6. The maximum absolute atomic E-state index is 12.6. The first-order valence-electron chi connectivity index (χ1n) is 10.4. The summed E-state index contributed by atoms with van der Waals surface area (Å²) in [5.74, 6) is -0.656. The van der Waals surface area contributed by atoms with Crippen molar-refractivity contribution in [2.24, 2.45) is 5.92 Å². The molecule has 1 amide bonds. The van der Waals surface area contributed by atoms with Gasteiger partial charge in [0.15, 0.2) is 6.10 Å². The zero-order valence-corrected chi connectivity index (χ0v) is 19.2. The Hall–Kier alpha value is -3.33. The lowest BCUT2D eigenvalue weighted by atomic mass is 10.1. The number of hydrogen-bond donors (Lipinski definition) is 0. The molecule has 0 spiro atoms. The molecule has 0 aliphatic rings. The molecule has 1 aromatic carbocycles. The number of carbonyl (C=O) groups excluding carboxylic acids is 2. The number of nitriles is 1. The average molecular weight is 422 g/mol. The monoisotopic (exact) mass is 421 g/mol. The quantitative estimate of drug-likeness (QED) is 0.363. The third-order valence-corrected chi connectivity index (χ3v) is 5.07. The van der Waals surface area contributed by atoms with Crippen LogP contribution >= 0.6 is 0 Å². The largest absolute Gasteiger partial charge is 0.448 e. The van der Waals surface area contributed by atoms with Crippen molar-refractivity contribution in [2.75, 3.05) is 7.05 Å². The van der Waals surface area contributed by atoms with Gasteiger partial charge in [-0.2, -0.15) is 5.26 Å². The molecule has 0 saturated heterocycles. The number of ether oxygens (including phenoxy) is 1. The van der Waals surface area contributed by atoms with E-state index in [2.05, 4.69) is 18.4 Å². The van der Waals surface area contributed by atoms with E-state index < -0.39 is 12.1 Å². The Morgan fingerprint density at radius 1 is 1.19 bits per heavy atom. The molecule has 0 N–H and O–H groups in total. The van der Waals surface area contributed by atoms with Gasteiger partial charge in [-0.3, -0.25) is 4.79 Å². The van der Waals surface area contributed by atoms with Crippen molar-refractivity contribution >= 4 is 18.0 Å². The van der Waals surface area contributed by atoms with Gasteiger partial charge in [-0.1, -0.05) is 44.2 Å². The lowest BCUT2D eigenvalue weighted by Gasteiger charge is -2.21. The van der Waals surface area contributed by atoms with Gasteiger partial charge in [0.25, 0.3) is 5.91 Å². The van der Waals surface area contributed by atoms with E-state index >= 15 is 0 Å². The lowest BCUT2D eigenvalue weighted by molar-refractivity contribution is -0.155. The number of rotatable bonds is 8. The van der Waals surface area contributed by atoms with Crippen LogP contribution in [0.2, 0.25) is 0 Å². The van der Waals surface area contributed by atoms with Crippen molar-refractivity contribution in [1.29, 1.82) is 5.26 Å². The molecule has 1 atom stereocenters. The summed E-state index contributed by atoms with van der Waals surface area (Å²) < 4.78 is 7.48. The van der Waals surface area contributed by atoms with Crippen molar-refractivity contribution in [3.63, 3.8) is 0 Å². The van der Waals surface area contributed by atoms with Crippen molar-refractivity contribution in [3.8, 4) is 6.07 Å². The van der Waals surface area contributed by atoms with E-state index in [1.54, 1.807) is 7.05 Å². The molecular weight excluding hydrogens is 390 g/mol. The van der Waals surface area contributed by atoms with Gasteiger partial charge in [-0.15, -0.1) is 0 Å². The second-order valence-corrected chi connectivity index (χ2v) is 8.23. The Kier molecular flexibility index (Phi) is 8.21. The summed E-state index contributed by atoms with van der Waals surface area (Å²) in [6.45, 7) is 11.0. The summed E-state index contributed by atoms with van der Waals surface area (Å²) in [5, 5.41) is 9.50. The minimum Gasteiger partial charge on any atom is -0.448 e. The zero-order chi connectivity index (χ0) is 23.1. The molecule has 1 aromatic heterocycles. The molecule has 164 valence electrons. The van der Waals surface area contributed by atoms with E-state index in [0.29, 0.717) is 12.5 Å². The number of nitrogens with zero attached hydrogens (tertiary/aromatic N) is 3. The Balaban J connectivity index is 2.10. The number of carbonyl (C=O) groups is 2. The SMILES string of the molecule is Cc1cc(/C=C(\C#N)C(=O)O[C@H](C)C(=O)N(C)Cc2ccccc2)c(C)n1CC(C)C. The highest BCUT2D eigenvalue weighted by atomic mass is 16.5. The number of hydrogen-bond acceptors (Lipinski definition) is 4. The summed E-state index contributed by atoms with van der Waals surface area (Å²) >= 11 is 0. The van der Waals surface area contributed by atoms with E-state index in [-0.39, 0.29) is 11.5 Å². The third kappa shape index (κ3) is 6.32. The fourth-order valence-electron chi connectivity index (χ4n) is 3.43. The summed E-state index contributed by atoms with van der Waals surface area (Å²) in [4.78, 5) is 26.7. The van der Waals surface area contributed by atoms with Crippen LogP contribution in [-0.2, 0) is 27.4 Å². The molecular formula is C25H31N3O3. The van der Waals surface area contributed by atoms with Gasteiger partial charge in [0.2, 0.25) is 0 Å². The van der Waals surface area contributed by atoms with Gasteiger partial charge in [0.05, 0.1) is 0 Å². The highest BCUT2D eigenvalue weighted by Gasteiger charge is 2.24. The summed E-state index contributed by atoms with van der Waals surface area (Å²) in [6.07, 6.45) is 0.540. The van der Waals surface area contributed by atoms with Gasteiger partial charge < -0.3 is 14.2 Å². The van der Waals surface area contributed by atoms with Crippen LogP contribution in [0, 0.1) is 31.1 Å². The summed E-state index contributed by atoms with van der Waals surface area (Å²) in [7, 11) is 1.66. The number of benzene rings is 1. The number of likely N-dealkylation sites (N-methyl/N-ethyl adjacent to an activating group) is 1. The van der Waals surface area contributed by atoms with E-state index in [4.69, 9.17) is 4.74 Å². The summed E-state index contributed by atoms with van der Waals surface area (Å²) in [5.41, 5.74) is 3.70. The molecule has 2 aromatic rings. The lowest BCUT2D eigenvalue weighted by Crippen LogP contribution is -2.37. The van der Waals surface area contributed by atoms with Crippen LogP contribution < -0.4 is 0 Å². The van der Waals surface area contributed by atoms with Crippen LogP contribution in [0.1, 0.15) is 43.3 Å². The molecule has 0 aliphatic carbocycles. The molecule has 0 aliphatic heterocycles. The Morgan fingerprint density at radius 3 is 2.42 bits per heavy atom. The fraction of sp³-hybridized carbons (Fsp3) is 0.400. The second kappa shape index (κ2) is 10.6. The smallest absolute Gasteiger partial charge is 0.349 e. The van der Waals surface area contributed by atoms with E-state index in [1.807, 2.05) is 56.3 Å². The molecule has 0 bridgehead atoms. The van der Waals surface area contributed by atoms with Crippen LogP contribution in [0.25, 0.3) is 6.08 Å². The number of aryl methyl sites for hydroxylation is 1. The van der Waals surface area contributed by atoms with Gasteiger partial charge in [0, 0.05) is 31.5 Å². The average Bonchev–Trinajstić information content (AvgIpc) is 2.98. The van der Waals surface area contributed by atoms with Crippen molar-refractivity contribution in [3.05, 3.63) is 64.5 Å². The topological polar surface area (TPSA) is 75.3 Å². The Morgan fingerprint density at radius 2 is 1.84 bits per heavy atom.